The molecule has 6 aromatic rings. The molecule has 0 bridgehead atoms. The minimum absolute atomic E-state index is 0. The van der Waals surface area contributed by atoms with E-state index in [1.165, 1.54) is 12.4 Å². The topological polar surface area (TPSA) is 51.8 Å². The maximum Gasteiger partial charge on any atom is 0.216 e. The van der Waals surface area contributed by atoms with Gasteiger partial charge in [-0.3, -0.25) is 0 Å². The summed E-state index contributed by atoms with van der Waals surface area (Å²) in [5.74, 6) is 0. The van der Waals surface area contributed by atoms with Crippen LogP contribution in [0.4, 0.5) is 0 Å². The Bertz CT molecular complexity index is 1770. The second-order valence-electron chi connectivity index (χ2n) is 7.64. The molecule has 0 atom stereocenters. The van der Waals surface area contributed by atoms with Crippen LogP contribution in [0, 0.1) is 32.8 Å². The minimum atomic E-state index is -2.16. The number of nitrogens with zero attached hydrogens (tertiary/aromatic N) is 3. The largest absolute Gasteiger partial charge is 0.486 e. The molecule has 0 N–H and O–H groups in total. The SMILES string of the molecule is [2H]C([2H])([2H])c1ccc(-c2[c-]ccc3c2oc2nc(C)ccc23)nc1.[2H]C([2H])([2H])c1ccc(-c2[c-]cccc2)nc1.[Ir]. The number of pyridine rings is 3. The van der Waals surface area contributed by atoms with Crippen LogP contribution in [-0.2, 0) is 20.1 Å². The van der Waals surface area contributed by atoms with E-state index in [4.69, 9.17) is 12.6 Å². The molecule has 0 saturated heterocycles. The number of furan rings is 1. The zero-order valence-corrected chi connectivity index (χ0v) is 21.1. The average molecular weight is 640 g/mol. The van der Waals surface area contributed by atoms with Crippen LogP contribution < -0.4 is 0 Å². The van der Waals surface area contributed by atoms with E-state index in [-0.39, 0.29) is 31.2 Å². The summed E-state index contributed by atoms with van der Waals surface area (Å²) in [6.45, 7) is -2.34. The summed E-state index contributed by atoms with van der Waals surface area (Å²) < 4.78 is 49.9. The molecular formula is C30H23IrN3O-2. The molecule has 0 aliphatic carbocycles. The van der Waals surface area contributed by atoms with E-state index in [9.17, 15) is 0 Å². The van der Waals surface area contributed by atoms with Gasteiger partial charge in [0.2, 0.25) is 5.71 Å². The second kappa shape index (κ2) is 10.7. The fourth-order valence-corrected chi connectivity index (χ4v) is 3.55. The summed E-state index contributed by atoms with van der Waals surface area (Å²) in [5, 5.41) is 1.87. The van der Waals surface area contributed by atoms with Crippen LogP contribution in [0.2, 0.25) is 0 Å². The summed E-state index contributed by atoms with van der Waals surface area (Å²) in [4.78, 5) is 12.8. The number of aryl methyl sites for hydroxylation is 3. The van der Waals surface area contributed by atoms with Gasteiger partial charge in [-0.1, -0.05) is 35.2 Å². The Morgan fingerprint density at radius 2 is 1.54 bits per heavy atom. The van der Waals surface area contributed by atoms with Crippen molar-refractivity contribution in [2.24, 2.45) is 0 Å². The first kappa shape index (κ1) is 17.7. The Balaban J connectivity index is 0.000000200. The van der Waals surface area contributed by atoms with Crippen molar-refractivity contribution in [3.63, 3.8) is 0 Å². The van der Waals surface area contributed by atoms with Gasteiger partial charge in [0.05, 0.1) is 5.58 Å². The van der Waals surface area contributed by atoms with Gasteiger partial charge in [0.15, 0.2) is 0 Å². The van der Waals surface area contributed by atoms with E-state index in [0.717, 1.165) is 27.7 Å². The van der Waals surface area contributed by atoms with Crippen LogP contribution in [0.1, 0.15) is 25.0 Å². The van der Waals surface area contributed by atoms with Crippen molar-refractivity contribution in [2.75, 3.05) is 0 Å². The predicted molar refractivity (Wildman–Crippen MR) is 136 cm³/mol. The zero-order chi connectivity index (χ0) is 28.5. The molecule has 6 rings (SSSR count). The van der Waals surface area contributed by atoms with Crippen LogP contribution in [0.25, 0.3) is 44.6 Å². The van der Waals surface area contributed by atoms with Crippen molar-refractivity contribution < 1.29 is 32.7 Å². The van der Waals surface area contributed by atoms with Gasteiger partial charge in [0, 0.05) is 51.8 Å². The van der Waals surface area contributed by atoms with E-state index < -0.39 is 13.7 Å². The molecule has 175 valence electrons. The predicted octanol–water partition coefficient (Wildman–Crippen LogP) is 7.31. The number of aromatic nitrogens is 3. The average Bonchev–Trinajstić information content (AvgIpc) is 3.31. The van der Waals surface area contributed by atoms with Crippen molar-refractivity contribution in [3.8, 4) is 22.5 Å². The molecule has 0 spiro atoms. The molecule has 0 fully saturated rings. The van der Waals surface area contributed by atoms with Gasteiger partial charge in [-0.25, -0.2) is 4.98 Å². The molecule has 35 heavy (non-hydrogen) atoms. The maximum atomic E-state index is 7.43. The van der Waals surface area contributed by atoms with Gasteiger partial charge in [-0.15, -0.1) is 54.1 Å². The van der Waals surface area contributed by atoms with E-state index >= 15 is 0 Å². The second-order valence-corrected chi connectivity index (χ2v) is 7.64. The molecule has 0 unspecified atom stereocenters. The van der Waals surface area contributed by atoms with Crippen LogP contribution in [-0.4, -0.2) is 15.0 Å². The molecular weight excluding hydrogens is 611 g/mol. The van der Waals surface area contributed by atoms with Crippen molar-refractivity contribution in [1.29, 1.82) is 0 Å². The van der Waals surface area contributed by atoms with Crippen LogP contribution in [0.5, 0.6) is 0 Å². The molecule has 2 aromatic carbocycles. The van der Waals surface area contributed by atoms with Crippen LogP contribution >= 0.6 is 0 Å². The maximum absolute atomic E-state index is 7.43. The normalized spacial score (nSPS) is 13.7. The molecule has 0 aliphatic heterocycles. The Hall–Kier alpha value is -3.66. The Morgan fingerprint density at radius 3 is 2.20 bits per heavy atom. The van der Waals surface area contributed by atoms with Crippen molar-refractivity contribution in [3.05, 3.63) is 114 Å². The first-order valence-electron chi connectivity index (χ1n) is 13.6. The molecule has 5 heteroatoms. The third-order valence-electron chi connectivity index (χ3n) is 5.21. The van der Waals surface area contributed by atoms with E-state index in [1.54, 1.807) is 30.3 Å². The van der Waals surface area contributed by atoms with Gasteiger partial charge >= 0.3 is 0 Å². The van der Waals surface area contributed by atoms with Gasteiger partial charge < -0.3 is 14.4 Å². The summed E-state index contributed by atoms with van der Waals surface area (Å²) in [6, 6.07) is 27.8. The molecule has 4 aromatic heterocycles. The van der Waals surface area contributed by atoms with Crippen LogP contribution in [0.3, 0.4) is 0 Å². The molecule has 4 heterocycles. The first-order valence-corrected chi connectivity index (χ1v) is 10.6. The molecule has 4 nitrogen and oxygen atoms in total. The van der Waals surface area contributed by atoms with Crippen molar-refractivity contribution >= 4 is 22.1 Å². The van der Waals surface area contributed by atoms with E-state index in [1.807, 2.05) is 49.4 Å². The van der Waals surface area contributed by atoms with Crippen molar-refractivity contribution in [2.45, 2.75) is 20.6 Å². The number of rotatable bonds is 2. The van der Waals surface area contributed by atoms with Crippen molar-refractivity contribution in [1.82, 2.24) is 15.0 Å². The number of fused-ring (bicyclic) bond motifs is 3. The standard InChI is InChI=1S/C18H13N2O.C12H10N.Ir/c1-11-6-9-16(19-10-11)15-5-3-4-13-14-8-7-12(2)20-18(14)21-17(13)15;1-10-7-8-12(13-9-10)11-5-3-2-4-6-11;/h3-4,6-10H,1-2H3;2-5,7-9H,1H3;/q2*-1;/i2*1D3;. The third-order valence-corrected chi connectivity index (χ3v) is 5.21. The fourth-order valence-electron chi connectivity index (χ4n) is 3.55. The summed E-state index contributed by atoms with van der Waals surface area (Å²) in [7, 11) is 0. The Labute approximate surface area is 226 Å². The molecule has 0 aliphatic rings. The fraction of sp³-hybridized carbons (Fsp3) is 0.100. The number of hydrogen-bond acceptors (Lipinski definition) is 4. The third kappa shape index (κ3) is 5.37. The van der Waals surface area contributed by atoms with Crippen LogP contribution in [0.15, 0.2) is 89.6 Å². The molecule has 1 radical (unpaired) electrons. The molecule has 0 amide bonds. The van der Waals surface area contributed by atoms with E-state index in [0.29, 0.717) is 22.6 Å². The summed E-state index contributed by atoms with van der Waals surface area (Å²) >= 11 is 0. The summed E-state index contributed by atoms with van der Waals surface area (Å²) in [6.07, 6.45) is 2.77. The molecule has 0 saturated carbocycles. The quantitative estimate of drug-likeness (QED) is 0.187. The van der Waals surface area contributed by atoms with Gasteiger partial charge in [0.1, 0.15) is 0 Å². The van der Waals surface area contributed by atoms with Gasteiger partial charge in [-0.05, 0) is 55.3 Å². The summed E-state index contributed by atoms with van der Waals surface area (Å²) in [5.41, 5.74) is 5.47. The Morgan fingerprint density at radius 1 is 0.771 bits per heavy atom. The number of hydrogen-bond donors (Lipinski definition) is 0. The van der Waals surface area contributed by atoms with E-state index in [2.05, 4.69) is 27.1 Å². The number of benzene rings is 2. The Kier molecular flexibility index (Phi) is 5.43. The van der Waals surface area contributed by atoms with Gasteiger partial charge in [0.25, 0.3) is 0 Å². The first-order chi connectivity index (χ1) is 19.0. The zero-order valence-electron chi connectivity index (χ0n) is 24.7. The smallest absolute Gasteiger partial charge is 0.216 e. The van der Waals surface area contributed by atoms with Gasteiger partial charge in [-0.2, -0.15) is 0 Å². The minimum Gasteiger partial charge on any atom is -0.486 e. The monoisotopic (exact) mass is 640 g/mol.